The van der Waals surface area contributed by atoms with Crippen LogP contribution >= 0.6 is 23.2 Å². The fraction of sp³-hybridized carbons (Fsp3) is 0.259. The number of Topliss-reactive ketones (excluding diaryl/α,β-unsaturated/α-hetero) is 2. The Labute approximate surface area is 213 Å². The SMILES string of the molecule is CCC(=O)c1ccc(CC(=O)C(CC)n2cc(OC)c(-c3cc(Cl)ccc3C#N)cc2=O)cc1Cl. The van der Waals surface area contributed by atoms with Gasteiger partial charge in [-0.25, -0.2) is 0 Å². The summed E-state index contributed by atoms with van der Waals surface area (Å²) in [5.41, 5.74) is 1.89. The van der Waals surface area contributed by atoms with Crippen LogP contribution in [0, 0.1) is 11.3 Å². The fourth-order valence-electron chi connectivity index (χ4n) is 3.97. The molecule has 3 aromatic rings. The summed E-state index contributed by atoms with van der Waals surface area (Å²) in [6, 6.07) is 12.4. The highest BCUT2D eigenvalue weighted by molar-refractivity contribution is 6.34. The summed E-state index contributed by atoms with van der Waals surface area (Å²) < 4.78 is 6.86. The van der Waals surface area contributed by atoms with Gasteiger partial charge in [0.2, 0.25) is 0 Å². The minimum Gasteiger partial charge on any atom is -0.495 e. The lowest BCUT2D eigenvalue weighted by Crippen LogP contribution is -2.30. The Morgan fingerprint density at radius 3 is 2.43 bits per heavy atom. The van der Waals surface area contributed by atoms with Gasteiger partial charge in [-0.15, -0.1) is 0 Å². The van der Waals surface area contributed by atoms with Crippen LogP contribution in [0.4, 0.5) is 0 Å². The lowest BCUT2D eigenvalue weighted by molar-refractivity contribution is -0.121. The molecule has 0 aliphatic rings. The van der Waals surface area contributed by atoms with Crippen molar-refractivity contribution in [1.82, 2.24) is 4.57 Å². The fourth-order valence-corrected chi connectivity index (χ4v) is 4.45. The van der Waals surface area contributed by atoms with E-state index >= 15 is 0 Å². The highest BCUT2D eigenvalue weighted by Crippen LogP contribution is 2.33. The summed E-state index contributed by atoms with van der Waals surface area (Å²) >= 11 is 12.4. The molecule has 0 bridgehead atoms. The van der Waals surface area contributed by atoms with Crippen LogP contribution in [0.2, 0.25) is 10.0 Å². The second-order valence-electron chi connectivity index (χ2n) is 7.96. The zero-order chi connectivity index (χ0) is 25.7. The van der Waals surface area contributed by atoms with E-state index in [0.29, 0.717) is 56.5 Å². The Hall–Kier alpha value is -3.40. The van der Waals surface area contributed by atoms with Crippen LogP contribution in [0.3, 0.4) is 0 Å². The number of carbonyl (C=O) groups is 2. The maximum Gasteiger partial charge on any atom is 0.252 e. The van der Waals surface area contributed by atoms with Crippen molar-refractivity contribution in [2.75, 3.05) is 7.11 Å². The summed E-state index contributed by atoms with van der Waals surface area (Å²) in [5, 5.41) is 10.2. The van der Waals surface area contributed by atoms with Gasteiger partial charge in [0.15, 0.2) is 11.6 Å². The lowest BCUT2D eigenvalue weighted by Gasteiger charge is -2.20. The first-order valence-electron chi connectivity index (χ1n) is 11.1. The maximum absolute atomic E-state index is 13.2. The molecule has 1 aromatic heterocycles. The van der Waals surface area contributed by atoms with E-state index < -0.39 is 11.6 Å². The van der Waals surface area contributed by atoms with Crippen molar-refractivity contribution in [3.63, 3.8) is 0 Å². The van der Waals surface area contributed by atoms with E-state index in [0.717, 1.165) is 0 Å². The maximum atomic E-state index is 13.2. The topological polar surface area (TPSA) is 89.2 Å². The van der Waals surface area contributed by atoms with Crippen LogP contribution in [-0.4, -0.2) is 23.2 Å². The van der Waals surface area contributed by atoms with E-state index in [4.69, 9.17) is 27.9 Å². The summed E-state index contributed by atoms with van der Waals surface area (Å²) in [7, 11) is 1.45. The molecule has 0 saturated carbocycles. The number of methoxy groups -OCH3 is 1. The number of aromatic nitrogens is 1. The molecule has 35 heavy (non-hydrogen) atoms. The Morgan fingerprint density at radius 2 is 1.83 bits per heavy atom. The first kappa shape index (κ1) is 26.2. The standard InChI is InChI=1S/C27H24Cl2N2O4/c1-4-23(25(33)11-16-6-9-19(22(29)10-16)24(32)5-2)31-15-26(35-3)21(13-27(31)34)20-12-18(28)8-7-17(20)14-30/h6-10,12-13,15,23H,4-5,11H2,1-3H3. The van der Waals surface area contributed by atoms with Crippen molar-refractivity contribution in [2.45, 2.75) is 39.2 Å². The summed E-state index contributed by atoms with van der Waals surface area (Å²) in [5.74, 6) is 0.0768. The minimum atomic E-state index is -0.740. The number of rotatable bonds is 9. The summed E-state index contributed by atoms with van der Waals surface area (Å²) in [6.07, 6.45) is 2.24. The third kappa shape index (κ3) is 5.64. The Morgan fingerprint density at radius 1 is 1.09 bits per heavy atom. The number of hydrogen-bond acceptors (Lipinski definition) is 5. The predicted molar refractivity (Wildman–Crippen MR) is 137 cm³/mol. The van der Waals surface area contributed by atoms with Crippen LogP contribution in [0.15, 0.2) is 53.5 Å². The Kier molecular flexibility index (Phi) is 8.50. The van der Waals surface area contributed by atoms with Crippen LogP contribution in [0.5, 0.6) is 5.75 Å². The van der Waals surface area contributed by atoms with Gasteiger partial charge in [0.1, 0.15) is 5.75 Å². The largest absolute Gasteiger partial charge is 0.495 e. The molecule has 3 rings (SSSR count). The predicted octanol–water partition coefficient (Wildman–Crippen LogP) is 6.06. The minimum absolute atomic E-state index is 0.0439. The van der Waals surface area contributed by atoms with Crippen molar-refractivity contribution in [2.24, 2.45) is 0 Å². The van der Waals surface area contributed by atoms with Crippen molar-refractivity contribution in [3.05, 3.63) is 85.8 Å². The molecule has 0 saturated heterocycles. The molecule has 0 amide bonds. The van der Waals surface area contributed by atoms with Gasteiger partial charge in [-0.05, 0) is 42.3 Å². The Balaban J connectivity index is 1.98. The molecule has 1 heterocycles. The van der Waals surface area contributed by atoms with E-state index in [-0.39, 0.29) is 18.0 Å². The third-order valence-corrected chi connectivity index (χ3v) is 6.33. The molecule has 0 fully saturated rings. The number of halogens is 2. The number of ketones is 2. The average molecular weight is 511 g/mol. The molecule has 1 atom stereocenters. The smallest absolute Gasteiger partial charge is 0.252 e. The monoisotopic (exact) mass is 510 g/mol. The van der Waals surface area contributed by atoms with Gasteiger partial charge >= 0.3 is 0 Å². The van der Waals surface area contributed by atoms with Crippen LogP contribution in [-0.2, 0) is 11.2 Å². The van der Waals surface area contributed by atoms with Gasteiger partial charge in [0, 0.05) is 40.6 Å². The zero-order valence-corrected chi connectivity index (χ0v) is 21.1. The molecule has 6 nitrogen and oxygen atoms in total. The summed E-state index contributed by atoms with van der Waals surface area (Å²) in [6.45, 7) is 3.57. The first-order valence-corrected chi connectivity index (χ1v) is 11.8. The van der Waals surface area contributed by atoms with Gasteiger partial charge in [-0.3, -0.25) is 14.4 Å². The van der Waals surface area contributed by atoms with E-state index in [1.54, 1.807) is 43.3 Å². The normalized spacial score (nSPS) is 11.5. The van der Waals surface area contributed by atoms with Crippen molar-refractivity contribution < 1.29 is 14.3 Å². The number of nitrogens with zero attached hydrogens (tertiary/aromatic N) is 2. The number of hydrogen-bond donors (Lipinski definition) is 0. The molecule has 0 aliphatic heterocycles. The van der Waals surface area contributed by atoms with Crippen molar-refractivity contribution in [1.29, 1.82) is 5.26 Å². The molecular formula is C27H24Cl2N2O4. The van der Waals surface area contributed by atoms with Crippen LogP contribution < -0.4 is 10.3 Å². The van der Waals surface area contributed by atoms with Crippen LogP contribution in [0.25, 0.3) is 11.1 Å². The van der Waals surface area contributed by atoms with E-state index in [9.17, 15) is 19.6 Å². The molecule has 180 valence electrons. The highest BCUT2D eigenvalue weighted by Gasteiger charge is 2.23. The Bertz CT molecular complexity index is 1390. The lowest BCUT2D eigenvalue weighted by atomic mass is 9.98. The molecule has 1 unspecified atom stereocenters. The van der Waals surface area contributed by atoms with Gasteiger partial charge in [-0.1, -0.05) is 43.1 Å². The molecule has 2 aromatic carbocycles. The first-order chi connectivity index (χ1) is 16.7. The van der Waals surface area contributed by atoms with E-state index in [2.05, 4.69) is 6.07 Å². The number of carbonyl (C=O) groups excluding carboxylic acids is 2. The van der Waals surface area contributed by atoms with E-state index in [1.165, 1.54) is 23.9 Å². The van der Waals surface area contributed by atoms with Crippen molar-refractivity contribution in [3.8, 4) is 22.9 Å². The number of pyridine rings is 1. The van der Waals surface area contributed by atoms with Gasteiger partial charge in [-0.2, -0.15) is 5.26 Å². The molecule has 8 heteroatoms. The molecule has 0 N–H and O–H groups in total. The molecule has 0 radical (unpaired) electrons. The van der Waals surface area contributed by atoms with Gasteiger partial charge < -0.3 is 9.30 Å². The quantitative estimate of drug-likeness (QED) is 0.326. The second-order valence-corrected chi connectivity index (χ2v) is 8.80. The molecule has 0 spiro atoms. The average Bonchev–Trinajstić information content (AvgIpc) is 2.84. The van der Waals surface area contributed by atoms with E-state index in [1.807, 2.05) is 6.92 Å². The number of ether oxygens (including phenoxy) is 1. The molecule has 0 aliphatic carbocycles. The van der Waals surface area contributed by atoms with Gasteiger partial charge in [0.05, 0.1) is 36.0 Å². The summed E-state index contributed by atoms with van der Waals surface area (Å²) in [4.78, 5) is 38.3. The van der Waals surface area contributed by atoms with Crippen molar-refractivity contribution >= 4 is 34.8 Å². The number of nitriles is 1. The zero-order valence-electron chi connectivity index (χ0n) is 19.6. The molecular weight excluding hydrogens is 487 g/mol. The highest BCUT2D eigenvalue weighted by atomic mass is 35.5. The third-order valence-electron chi connectivity index (χ3n) is 5.78. The second kappa shape index (κ2) is 11.4. The van der Waals surface area contributed by atoms with Crippen LogP contribution in [0.1, 0.15) is 54.2 Å². The van der Waals surface area contributed by atoms with Gasteiger partial charge in [0.25, 0.3) is 5.56 Å². The number of benzene rings is 2.